The largest absolute Gasteiger partial charge is 0.454 e. The number of fused-ring (bicyclic) bond motifs is 6. The molecule has 2 aromatic carbocycles. The Labute approximate surface area is 182 Å². The van der Waals surface area contributed by atoms with E-state index in [0.29, 0.717) is 39.1 Å². The molecule has 0 N–H and O–H groups in total. The number of nitrogens with zero attached hydrogens (tertiary/aromatic N) is 2. The number of benzene rings is 2. The molecule has 0 radical (unpaired) electrons. The van der Waals surface area contributed by atoms with E-state index in [-0.39, 0.29) is 23.1 Å². The molecule has 1 aliphatic heterocycles. The van der Waals surface area contributed by atoms with Crippen molar-refractivity contribution in [1.29, 1.82) is 0 Å². The van der Waals surface area contributed by atoms with E-state index in [1.165, 1.54) is 18.3 Å². The lowest BCUT2D eigenvalue weighted by molar-refractivity contribution is 0.104. The standard InChI is InChI=1S/C23H14N2O6S/c1-12-2-4-13(5-3-12)32(27,28)31-23-21-20(14-6-7-24-10-16(14)22(21)26)15-8-18-19(30-11-29-18)9-17(15)25-23/h2-10H,11H2,1H3. The molecule has 6 rings (SSSR count). The fourth-order valence-corrected chi connectivity index (χ4v) is 4.86. The van der Waals surface area contributed by atoms with Crippen LogP contribution in [0.15, 0.2) is 59.8 Å². The summed E-state index contributed by atoms with van der Waals surface area (Å²) in [5.74, 6) is 0.325. The summed E-state index contributed by atoms with van der Waals surface area (Å²) < 4.78 is 42.3. The van der Waals surface area contributed by atoms with Crippen molar-refractivity contribution in [2.24, 2.45) is 0 Å². The van der Waals surface area contributed by atoms with Crippen molar-refractivity contribution >= 4 is 26.8 Å². The lowest BCUT2D eigenvalue weighted by Crippen LogP contribution is -2.13. The van der Waals surface area contributed by atoms with Crippen LogP contribution in [0.4, 0.5) is 0 Å². The van der Waals surface area contributed by atoms with Gasteiger partial charge in [0.15, 0.2) is 11.5 Å². The van der Waals surface area contributed by atoms with Gasteiger partial charge in [-0.15, -0.1) is 0 Å². The van der Waals surface area contributed by atoms with Crippen LogP contribution in [0.2, 0.25) is 0 Å². The maximum Gasteiger partial charge on any atom is 0.340 e. The predicted octanol–water partition coefficient (Wildman–Crippen LogP) is 3.65. The van der Waals surface area contributed by atoms with Gasteiger partial charge in [0.25, 0.3) is 0 Å². The first-order valence-electron chi connectivity index (χ1n) is 9.70. The van der Waals surface area contributed by atoms with Gasteiger partial charge in [0.1, 0.15) is 4.90 Å². The highest BCUT2D eigenvalue weighted by Crippen LogP contribution is 2.47. The number of hydrogen-bond acceptors (Lipinski definition) is 8. The van der Waals surface area contributed by atoms with E-state index in [0.717, 1.165) is 5.56 Å². The highest BCUT2D eigenvalue weighted by atomic mass is 32.2. The molecule has 9 heteroatoms. The molecule has 2 aliphatic rings. The second-order valence-electron chi connectivity index (χ2n) is 7.49. The van der Waals surface area contributed by atoms with Crippen LogP contribution in [0.3, 0.4) is 0 Å². The lowest BCUT2D eigenvalue weighted by Gasteiger charge is -2.13. The summed E-state index contributed by atoms with van der Waals surface area (Å²) >= 11 is 0. The molecule has 2 aromatic heterocycles. The molecule has 158 valence electrons. The van der Waals surface area contributed by atoms with E-state index < -0.39 is 15.9 Å². The molecule has 0 fully saturated rings. The van der Waals surface area contributed by atoms with Gasteiger partial charge in [-0.3, -0.25) is 9.78 Å². The smallest absolute Gasteiger partial charge is 0.340 e. The van der Waals surface area contributed by atoms with Crippen molar-refractivity contribution in [2.75, 3.05) is 6.79 Å². The summed E-state index contributed by atoms with van der Waals surface area (Å²) in [6.07, 6.45) is 3.03. The van der Waals surface area contributed by atoms with Crippen LogP contribution >= 0.6 is 0 Å². The van der Waals surface area contributed by atoms with E-state index in [9.17, 15) is 13.2 Å². The summed E-state index contributed by atoms with van der Waals surface area (Å²) in [4.78, 5) is 21.7. The van der Waals surface area contributed by atoms with E-state index in [1.54, 1.807) is 36.5 Å². The van der Waals surface area contributed by atoms with Crippen molar-refractivity contribution in [2.45, 2.75) is 11.8 Å². The van der Waals surface area contributed by atoms with Crippen molar-refractivity contribution < 1.29 is 26.9 Å². The molecule has 1 aliphatic carbocycles. The van der Waals surface area contributed by atoms with E-state index in [2.05, 4.69) is 9.97 Å². The Balaban J connectivity index is 1.61. The number of aromatic nitrogens is 2. The first-order valence-corrected chi connectivity index (χ1v) is 11.1. The fourth-order valence-electron chi connectivity index (χ4n) is 3.97. The van der Waals surface area contributed by atoms with Gasteiger partial charge in [0.05, 0.1) is 11.1 Å². The third kappa shape index (κ3) is 2.68. The number of ether oxygens (including phenoxy) is 2. The molecule has 0 amide bonds. The Kier molecular flexibility index (Phi) is 3.82. The van der Waals surface area contributed by atoms with Crippen molar-refractivity contribution in [1.82, 2.24) is 9.97 Å². The Bertz CT molecular complexity index is 1560. The van der Waals surface area contributed by atoms with Gasteiger partial charge in [0, 0.05) is 35.0 Å². The lowest BCUT2D eigenvalue weighted by atomic mass is 10.0. The van der Waals surface area contributed by atoms with Crippen LogP contribution in [0, 0.1) is 6.92 Å². The second kappa shape index (κ2) is 6.51. The zero-order chi connectivity index (χ0) is 22.0. The molecular weight excluding hydrogens is 432 g/mol. The number of ketones is 1. The van der Waals surface area contributed by atoms with Crippen molar-refractivity contribution in [3.05, 3.63) is 71.5 Å². The normalized spacial score (nSPS) is 13.8. The molecule has 0 spiro atoms. The van der Waals surface area contributed by atoms with Gasteiger partial charge in [0.2, 0.25) is 18.5 Å². The second-order valence-corrected chi connectivity index (χ2v) is 9.04. The summed E-state index contributed by atoms with van der Waals surface area (Å²) in [5, 5.41) is 0.627. The minimum atomic E-state index is -4.23. The first kappa shape index (κ1) is 18.8. The third-order valence-corrected chi connectivity index (χ3v) is 6.73. The van der Waals surface area contributed by atoms with Crippen LogP contribution in [0.5, 0.6) is 17.4 Å². The Hall–Kier alpha value is -3.98. The maximum atomic E-state index is 13.2. The molecule has 8 nitrogen and oxygen atoms in total. The van der Waals surface area contributed by atoms with Gasteiger partial charge >= 0.3 is 10.1 Å². The van der Waals surface area contributed by atoms with Gasteiger partial charge in [-0.05, 0) is 36.8 Å². The molecule has 0 saturated carbocycles. The van der Waals surface area contributed by atoms with E-state index >= 15 is 0 Å². The first-order chi connectivity index (χ1) is 15.4. The molecule has 0 atom stereocenters. The van der Waals surface area contributed by atoms with Gasteiger partial charge < -0.3 is 13.7 Å². The molecule has 32 heavy (non-hydrogen) atoms. The number of aryl methyl sites for hydroxylation is 1. The minimum absolute atomic E-state index is 0.0333. The number of hydrogen-bond donors (Lipinski definition) is 0. The zero-order valence-corrected chi connectivity index (χ0v) is 17.5. The van der Waals surface area contributed by atoms with E-state index in [4.69, 9.17) is 13.7 Å². The highest BCUT2D eigenvalue weighted by molar-refractivity contribution is 7.87. The predicted molar refractivity (Wildman–Crippen MR) is 114 cm³/mol. The van der Waals surface area contributed by atoms with Crippen LogP contribution in [0.1, 0.15) is 21.5 Å². The minimum Gasteiger partial charge on any atom is -0.454 e. The maximum absolute atomic E-state index is 13.2. The SMILES string of the molecule is Cc1ccc(S(=O)(=O)Oc2nc3cc4c(cc3c3c2C(=O)c2cnccc2-3)OCO4)cc1. The Morgan fingerprint density at radius 1 is 0.969 bits per heavy atom. The average molecular weight is 446 g/mol. The molecule has 3 heterocycles. The topological polar surface area (TPSA) is 105 Å². The highest BCUT2D eigenvalue weighted by Gasteiger charge is 2.36. The number of carbonyl (C=O) groups is 1. The summed E-state index contributed by atoms with van der Waals surface area (Å²) in [7, 11) is -4.23. The molecular formula is C23H14N2O6S. The number of rotatable bonds is 3. The van der Waals surface area contributed by atoms with Gasteiger partial charge in [-0.1, -0.05) is 17.7 Å². The third-order valence-electron chi connectivity index (χ3n) is 5.51. The van der Waals surface area contributed by atoms with Gasteiger partial charge in [-0.2, -0.15) is 8.42 Å². The molecule has 0 unspecified atom stereocenters. The quantitative estimate of drug-likeness (QED) is 0.387. The Morgan fingerprint density at radius 2 is 1.72 bits per heavy atom. The average Bonchev–Trinajstić information content (AvgIpc) is 3.35. The Morgan fingerprint density at radius 3 is 2.50 bits per heavy atom. The number of carbonyl (C=O) groups excluding carboxylic acids is 1. The van der Waals surface area contributed by atoms with Crippen LogP contribution < -0.4 is 13.7 Å². The summed E-state index contributed by atoms with van der Waals surface area (Å²) in [6.45, 7) is 1.92. The monoisotopic (exact) mass is 446 g/mol. The van der Waals surface area contributed by atoms with Crippen molar-refractivity contribution in [3.8, 4) is 28.5 Å². The van der Waals surface area contributed by atoms with Crippen molar-refractivity contribution in [3.63, 3.8) is 0 Å². The summed E-state index contributed by atoms with van der Waals surface area (Å²) in [5.41, 5.74) is 2.91. The molecule has 4 aromatic rings. The van der Waals surface area contributed by atoms with Gasteiger partial charge in [-0.25, -0.2) is 4.98 Å². The van der Waals surface area contributed by atoms with Crippen LogP contribution in [-0.4, -0.2) is 31.0 Å². The van der Waals surface area contributed by atoms with E-state index in [1.807, 2.05) is 6.92 Å². The number of pyridine rings is 2. The molecule has 0 bridgehead atoms. The fraction of sp³-hybridized carbons (Fsp3) is 0.0870. The zero-order valence-electron chi connectivity index (χ0n) is 16.7. The van der Waals surface area contributed by atoms with Crippen LogP contribution in [-0.2, 0) is 10.1 Å². The van der Waals surface area contributed by atoms with Crippen LogP contribution in [0.25, 0.3) is 22.0 Å². The summed E-state index contributed by atoms with van der Waals surface area (Å²) in [6, 6.07) is 11.3. The molecule has 0 saturated heterocycles.